The fourth-order valence-corrected chi connectivity index (χ4v) is 4.70. The van der Waals surface area contributed by atoms with Crippen molar-refractivity contribution in [1.82, 2.24) is 4.90 Å². The second-order valence-corrected chi connectivity index (χ2v) is 6.94. The van der Waals surface area contributed by atoms with Gasteiger partial charge in [-0.15, -0.1) is 0 Å². The van der Waals surface area contributed by atoms with E-state index in [4.69, 9.17) is 0 Å². The quantitative estimate of drug-likeness (QED) is 0.818. The van der Waals surface area contributed by atoms with E-state index in [2.05, 4.69) is 52.4 Å². The normalized spacial score (nSPS) is 21.1. The molecule has 0 radical (unpaired) electrons. The lowest BCUT2D eigenvalue weighted by Crippen LogP contribution is -2.20. The van der Waals surface area contributed by atoms with Crippen LogP contribution in [-0.4, -0.2) is 23.2 Å². The fraction of sp³-hybridized carbons (Fsp3) is 0.278. The van der Waals surface area contributed by atoms with Crippen LogP contribution in [-0.2, 0) is 0 Å². The van der Waals surface area contributed by atoms with Crippen LogP contribution in [0.3, 0.4) is 0 Å². The summed E-state index contributed by atoms with van der Waals surface area (Å²) < 4.78 is 0. The maximum absolute atomic E-state index is 4.68. The number of aliphatic imine (C=N–C) groups is 1. The minimum atomic E-state index is 0.775. The first-order valence-electron chi connectivity index (χ1n) is 7.64. The van der Waals surface area contributed by atoms with Crippen molar-refractivity contribution in [3.63, 3.8) is 0 Å². The molecule has 0 saturated heterocycles. The molecule has 0 N–H and O–H groups in total. The number of hydrogen-bond acceptors (Lipinski definition) is 3. The van der Waals surface area contributed by atoms with Crippen LogP contribution < -0.4 is 0 Å². The van der Waals surface area contributed by atoms with Gasteiger partial charge < -0.3 is 4.90 Å². The molecule has 21 heavy (non-hydrogen) atoms. The van der Waals surface area contributed by atoms with Crippen LogP contribution in [0.5, 0.6) is 0 Å². The molecule has 0 unspecified atom stereocenters. The van der Waals surface area contributed by atoms with Crippen LogP contribution >= 0.6 is 11.8 Å². The van der Waals surface area contributed by atoms with Crippen LogP contribution in [0.4, 0.5) is 0 Å². The molecule has 2 aromatic carbocycles. The number of rotatable bonds is 2. The Morgan fingerprint density at radius 2 is 1.90 bits per heavy atom. The van der Waals surface area contributed by atoms with E-state index < -0.39 is 0 Å². The molecule has 0 bridgehead atoms. The molecule has 0 aromatic heterocycles. The van der Waals surface area contributed by atoms with Gasteiger partial charge in [0.15, 0.2) is 5.17 Å². The Kier molecular flexibility index (Phi) is 2.47. The summed E-state index contributed by atoms with van der Waals surface area (Å²) in [4.78, 5) is 8.68. The smallest absolute Gasteiger partial charge is 0.168 e. The summed E-state index contributed by atoms with van der Waals surface area (Å²) in [6.07, 6.45) is 2.69. The zero-order valence-corrected chi connectivity index (χ0v) is 12.6. The summed E-state index contributed by atoms with van der Waals surface area (Å²) in [6, 6.07) is 15.4. The second-order valence-electron chi connectivity index (χ2n) is 5.93. The predicted molar refractivity (Wildman–Crippen MR) is 90.2 cm³/mol. The van der Waals surface area contributed by atoms with E-state index in [1.807, 2.05) is 11.8 Å². The standard InChI is InChI=1S/C18H16N2S/c1-2-6-14-12(4-1)5-3-7-15(14)16-17(13-8-9-13)21-18-19-10-11-20(16)18/h1-7,13H,8-11H2. The minimum absolute atomic E-state index is 0.775. The Hall–Kier alpha value is -1.74. The first-order valence-corrected chi connectivity index (χ1v) is 8.45. The molecule has 104 valence electrons. The Labute approximate surface area is 128 Å². The van der Waals surface area contributed by atoms with Gasteiger partial charge in [-0.3, -0.25) is 4.99 Å². The van der Waals surface area contributed by atoms with Gasteiger partial charge in [0.1, 0.15) is 0 Å². The van der Waals surface area contributed by atoms with Crippen LogP contribution in [0.1, 0.15) is 18.4 Å². The zero-order valence-electron chi connectivity index (χ0n) is 11.7. The Balaban J connectivity index is 1.76. The number of benzene rings is 2. The fourth-order valence-electron chi connectivity index (χ4n) is 3.33. The first kappa shape index (κ1) is 11.9. The number of amidine groups is 1. The molecular weight excluding hydrogens is 276 g/mol. The summed E-state index contributed by atoms with van der Waals surface area (Å²) in [7, 11) is 0. The summed E-state index contributed by atoms with van der Waals surface area (Å²) in [6.45, 7) is 1.98. The van der Waals surface area contributed by atoms with E-state index in [9.17, 15) is 0 Å². The largest absolute Gasteiger partial charge is 0.318 e. The Morgan fingerprint density at radius 3 is 2.81 bits per heavy atom. The summed E-state index contributed by atoms with van der Waals surface area (Å²) >= 11 is 1.92. The van der Waals surface area contributed by atoms with E-state index in [-0.39, 0.29) is 0 Å². The van der Waals surface area contributed by atoms with Crippen molar-refractivity contribution in [2.24, 2.45) is 10.9 Å². The summed E-state index contributed by atoms with van der Waals surface area (Å²) in [5.74, 6) is 0.775. The van der Waals surface area contributed by atoms with Gasteiger partial charge in [0.25, 0.3) is 0 Å². The maximum Gasteiger partial charge on any atom is 0.168 e. The van der Waals surface area contributed by atoms with Crippen molar-refractivity contribution in [3.05, 3.63) is 52.9 Å². The lowest BCUT2D eigenvalue weighted by atomic mass is 10.0. The van der Waals surface area contributed by atoms with E-state index in [0.29, 0.717) is 0 Å². The average molecular weight is 292 g/mol. The van der Waals surface area contributed by atoms with Crippen LogP contribution in [0.15, 0.2) is 52.4 Å². The maximum atomic E-state index is 4.68. The van der Waals surface area contributed by atoms with Gasteiger partial charge in [-0.1, -0.05) is 54.2 Å². The third-order valence-corrected chi connectivity index (χ3v) is 5.78. The van der Waals surface area contributed by atoms with Crippen LogP contribution in [0.2, 0.25) is 0 Å². The highest BCUT2D eigenvalue weighted by Gasteiger charge is 2.40. The van der Waals surface area contributed by atoms with Gasteiger partial charge in [-0.2, -0.15) is 0 Å². The number of thioether (sulfide) groups is 1. The molecule has 2 aliphatic heterocycles. The summed E-state index contributed by atoms with van der Waals surface area (Å²) in [5.41, 5.74) is 2.82. The van der Waals surface area contributed by atoms with Gasteiger partial charge in [-0.05, 0) is 29.5 Å². The molecule has 1 saturated carbocycles. The predicted octanol–water partition coefficient (Wildman–Crippen LogP) is 4.34. The number of allylic oxidation sites excluding steroid dienone is 1. The molecular formula is C18H16N2S. The molecule has 0 atom stereocenters. The van der Waals surface area contributed by atoms with Crippen molar-refractivity contribution in [2.75, 3.05) is 13.1 Å². The van der Waals surface area contributed by atoms with E-state index >= 15 is 0 Å². The van der Waals surface area contributed by atoms with Crippen molar-refractivity contribution >= 4 is 33.4 Å². The van der Waals surface area contributed by atoms with Gasteiger partial charge in [-0.25, -0.2) is 0 Å². The van der Waals surface area contributed by atoms with Gasteiger partial charge in [0, 0.05) is 17.0 Å². The number of fused-ring (bicyclic) bond motifs is 2. The van der Waals surface area contributed by atoms with Gasteiger partial charge >= 0.3 is 0 Å². The lowest BCUT2D eigenvalue weighted by Gasteiger charge is -2.19. The third kappa shape index (κ3) is 1.77. The second kappa shape index (κ2) is 4.38. The minimum Gasteiger partial charge on any atom is -0.318 e. The highest BCUT2D eigenvalue weighted by atomic mass is 32.2. The molecule has 5 rings (SSSR count). The van der Waals surface area contributed by atoms with Gasteiger partial charge in [0.2, 0.25) is 0 Å². The van der Waals surface area contributed by atoms with Gasteiger partial charge in [0.05, 0.1) is 12.2 Å². The van der Waals surface area contributed by atoms with Crippen LogP contribution in [0.25, 0.3) is 16.5 Å². The van der Waals surface area contributed by atoms with Crippen molar-refractivity contribution in [1.29, 1.82) is 0 Å². The van der Waals surface area contributed by atoms with E-state index in [0.717, 1.165) is 19.0 Å². The molecule has 2 nitrogen and oxygen atoms in total. The average Bonchev–Trinajstić information content (AvgIpc) is 3.16. The van der Waals surface area contributed by atoms with Crippen molar-refractivity contribution < 1.29 is 0 Å². The highest BCUT2D eigenvalue weighted by molar-refractivity contribution is 8.17. The van der Waals surface area contributed by atoms with Crippen LogP contribution in [0, 0.1) is 5.92 Å². The number of nitrogens with zero attached hydrogens (tertiary/aromatic N) is 2. The van der Waals surface area contributed by atoms with E-state index in [1.165, 1.54) is 40.0 Å². The molecule has 2 heterocycles. The monoisotopic (exact) mass is 292 g/mol. The van der Waals surface area contributed by atoms with Crippen molar-refractivity contribution in [2.45, 2.75) is 12.8 Å². The topological polar surface area (TPSA) is 15.6 Å². The SMILES string of the molecule is c1ccc2c(C3=C(C4CC4)SC4=NCCN43)cccc2c1. The molecule has 1 fully saturated rings. The first-order chi connectivity index (χ1) is 10.4. The third-order valence-electron chi connectivity index (χ3n) is 4.50. The number of hydrogen-bond donors (Lipinski definition) is 0. The Morgan fingerprint density at radius 1 is 1.05 bits per heavy atom. The Bertz CT molecular complexity index is 796. The molecule has 3 heteroatoms. The highest BCUT2D eigenvalue weighted by Crippen LogP contribution is 2.53. The molecule has 0 spiro atoms. The zero-order chi connectivity index (χ0) is 13.8. The molecule has 1 aliphatic carbocycles. The van der Waals surface area contributed by atoms with E-state index in [1.54, 1.807) is 4.91 Å². The lowest BCUT2D eigenvalue weighted by molar-refractivity contribution is 0.646. The summed E-state index contributed by atoms with van der Waals surface area (Å²) in [5, 5.41) is 3.91. The molecule has 3 aliphatic rings. The van der Waals surface area contributed by atoms with Crippen molar-refractivity contribution in [3.8, 4) is 0 Å². The molecule has 2 aromatic rings. The molecule has 0 amide bonds.